The number of benzene rings is 1. The van der Waals surface area contributed by atoms with Gasteiger partial charge in [0.1, 0.15) is 6.07 Å². The lowest BCUT2D eigenvalue weighted by atomic mass is 10.0. The first-order valence-corrected chi connectivity index (χ1v) is 5.93. The molecule has 1 saturated heterocycles. The van der Waals surface area contributed by atoms with Gasteiger partial charge in [-0.05, 0) is 37.5 Å². The number of rotatable bonds is 2. The molecule has 0 amide bonds. The van der Waals surface area contributed by atoms with Gasteiger partial charge in [-0.2, -0.15) is 5.26 Å². The van der Waals surface area contributed by atoms with Crippen LogP contribution in [0, 0.1) is 11.3 Å². The van der Waals surface area contributed by atoms with Gasteiger partial charge in [0.25, 0.3) is 0 Å². The summed E-state index contributed by atoms with van der Waals surface area (Å²) in [5.74, 6) is 0. The zero-order valence-electron chi connectivity index (χ0n) is 9.76. The Labute approximate surface area is 101 Å². The van der Waals surface area contributed by atoms with Crippen molar-refractivity contribution in [3.05, 3.63) is 23.8 Å². The summed E-state index contributed by atoms with van der Waals surface area (Å²) in [6, 6.07) is 7.75. The maximum atomic E-state index is 9.37. The van der Waals surface area contributed by atoms with Crippen molar-refractivity contribution in [1.29, 1.82) is 5.26 Å². The number of hydrogen-bond donors (Lipinski definition) is 2. The average Bonchev–Trinajstić information content (AvgIpc) is 2.39. The van der Waals surface area contributed by atoms with E-state index in [-0.39, 0.29) is 12.6 Å². The molecule has 1 heterocycles. The molecule has 0 saturated carbocycles. The molecule has 3 N–H and O–H groups in total. The van der Waals surface area contributed by atoms with Gasteiger partial charge in [-0.3, -0.25) is 0 Å². The Morgan fingerprint density at radius 3 is 3.00 bits per heavy atom. The highest BCUT2D eigenvalue weighted by Gasteiger charge is 2.22. The quantitative estimate of drug-likeness (QED) is 0.756. The summed E-state index contributed by atoms with van der Waals surface area (Å²) in [5.41, 5.74) is 7.70. The summed E-state index contributed by atoms with van der Waals surface area (Å²) in [6.07, 6.45) is 3.29. The van der Waals surface area contributed by atoms with Gasteiger partial charge in [-0.1, -0.05) is 0 Å². The SMILES string of the molecule is N#Cc1cc(N2CCCCC2CO)ccc1N. The van der Waals surface area contributed by atoms with Gasteiger partial charge in [0.2, 0.25) is 0 Å². The molecule has 0 spiro atoms. The monoisotopic (exact) mass is 231 g/mol. The average molecular weight is 231 g/mol. The minimum Gasteiger partial charge on any atom is -0.398 e. The second-order valence-electron chi connectivity index (χ2n) is 4.41. The molecule has 1 aromatic carbocycles. The lowest BCUT2D eigenvalue weighted by Crippen LogP contribution is -2.41. The van der Waals surface area contributed by atoms with Crippen molar-refractivity contribution >= 4 is 11.4 Å². The van der Waals surface area contributed by atoms with Gasteiger partial charge in [0.05, 0.1) is 18.2 Å². The molecule has 0 aromatic heterocycles. The number of nitriles is 1. The second-order valence-corrected chi connectivity index (χ2v) is 4.41. The highest BCUT2D eigenvalue weighted by molar-refractivity contribution is 5.63. The third-order valence-corrected chi connectivity index (χ3v) is 3.33. The fourth-order valence-electron chi connectivity index (χ4n) is 2.35. The first kappa shape index (κ1) is 11.7. The molecule has 90 valence electrons. The van der Waals surface area contributed by atoms with Crippen LogP contribution in [0.25, 0.3) is 0 Å². The Morgan fingerprint density at radius 2 is 2.29 bits per heavy atom. The van der Waals surface area contributed by atoms with E-state index < -0.39 is 0 Å². The fourth-order valence-corrected chi connectivity index (χ4v) is 2.35. The van der Waals surface area contributed by atoms with Gasteiger partial charge in [0, 0.05) is 17.9 Å². The molecule has 1 aliphatic heterocycles. The first-order chi connectivity index (χ1) is 8.26. The molecule has 1 aromatic rings. The molecule has 1 unspecified atom stereocenters. The smallest absolute Gasteiger partial charge is 0.101 e. The van der Waals surface area contributed by atoms with Crippen LogP contribution >= 0.6 is 0 Å². The van der Waals surface area contributed by atoms with Crippen molar-refractivity contribution in [2.75, 3.05) is 23.8 Å². The molecule has 4 nitrogen and oxygen atoms in total. The van der Waals surface area contributed by atoms with Gasteiger partial charge in [-0.25, -0.2) is 0 Å². The van der Waals surface area contributed by atoms with Crippen molar-refractivity contribution in [2.24, 2.45) is 0 Å². The first-order valence-electron chi connectivity index (χ1n) is 5.93. The lowest BCUT2D eigenvalue weighted by molar-refractivity contribution is 0.240. The van der Waals surface area contributed by atoms with Crippen LogP contribution < -0.4 is 10.6 Å². The number of nitrogen functional groups attached to an aromatic ring is 1. The molecule has 2 rings (SSSR count). The van der Waals surface area contributed by atoms with E-state index in [0.29, 0.717) is 11.3 Å². The summed E-state index contributed by atoms with van der Waals surface area (Å²) in [5, 5.41) is 18.3. The summed E-state index contributed by atoms with van der Waals surface area (Å²) in [6.45, 7) is 1.09. The Bertz CT molecular complexity index is 439. The van der Waals surface area contributed by atoms with Gasteiger partial charge in [-0.15, -0.1) is 0 Å². The zero-order valence-corrected chi connectivity index (χ0v) is 9.76. The van der Waals surface area contributed by atoms with Crippen molar-refractivity contribution < 1.29 is 5.11 Å². The minimum absolute atomic E-state index is 0.159. The highest BCUT2D eigenvalue weighted by Crippen LogP contribution is 2.27. The van der Waals surface area contributed by atoms with E-state index in [9.17, 15) is 5.11 Å². The maximum Gasteiger partial charge on any atom is 0.101 e. The molecule has 0 radical (unpaired) electrons. The number of nitrogens with two attached hydrogens (primary N) is 1. The largest absolute Gasteiger partial charge is 0.398 e. The lowest BCUT2D eigenvalue weighted by Gasteiger charge is -2.36. The molecule has 17 heavy (non-hydrogen) atoms. The predicted molar refractivity (Wildman–Crippen MR) is 67.6 cm³/mol. The van der Waals surface area contributed by atoms with Crippen LogP contribution in [0.1, 0.15) is 24.8 Å². The predicted octanol–water partition coefficient (Wildman–Crippen LogP) is 1.49. The summed E-state index contributed by atoms with van der Waals surface area (Å²) < 4.78 is 0. The van der Waals surface area contributed by atoms with Crippen LogP contribution in [-0.4, -0.2) is 24.3 Å². The van der Waals surface area contributed by atoms with E-state index >= 15 is 0 Å². The molecule has 0 bridgehead atoms. The summed E-state index contributed by atoms with van der Waals surface area (Å²) in [7, 11) is 0. The standard InChI is InChI=1S/C13H17N3O/c14-8-10-7-11(4-5-13(10)15)16-6-2-1-3-12(16)9-17/h4-5,7,12,17H,1-3,6,9,15H2. The van der Waals surface area contributed by atoms with Crippen LogP contribution in [0.4, 0.5) is 11.4 Å². The van der Waals surface area contributed by atoms with Crippen molar-refractivity contribution in [3.8, 4) is 6.07 Å². The van der Waals surface area contributed by atoms with Gasteiger partial charge < -0.3 is 15.7 Å². The number of nitrogens with zero attached hydrogens (tertiary/aromatic N) is 2. The molecular formula is C13H17N3O. The maximum absolute atomic E-state index is 9.37. The molecule has 0 aliphatic carbocycles. The second kappa shape index (κ2) is 5.07. The number of aliphatic hydroxyl groups is 1. The van der Waals surface area contributed by atoms with E-state index in [2.05, 4.69) is 11.0 Å². The van der Waals surface area contributed by atoms with Crippen LogP contribution in [-0.2, 0) is 0 Å². The van der Waals surface area contributed by atoms with E-state index in [4.69, 9.17) is 11.0 Å². The van der Waals surface area contributed by atoms with E-state index in [1.165, 1.54) is 0 Å². The highest BCUT2D eigenvalue weighted by atomic mass is 16.3. The van der Waals surface area contributed by atoms with Crippen LogP contribution in [0.15, 0.2) is 18.2 Å². The number of piperidine rings is 1. The van der Waals surface area contributed by atoms with Gasteiger partial charge >= 0.3 is 0 Å². The zero-order chi connectivity index (χ0) is 12.3. The molecule has 1 aliphatic rings. The molecular weight excluding hydrogens is 214 g/mol. The third kappa shape index (κ3) is 2.34. The van der Waals surface area contributed by atoms with Crippen LogP contribution in [0.5, 0.6) is 0 Å². The van der Waals surface area contributed by atoms with Gasteiger partial charge in [0.15, 0.2) is 0 Å². The summed E-state index contributed by atoms with van der Waals surface area (Å²) in [4.78, 5) is 2.17. The van der Waals surface area contributed by atoms with Crippen LogP contribution in [0.3, 0.4) is 0 Å². The Kier molecular flexibility index (Phi) is 3.50. The van der Waals surface area contributed by atoms with Crippen molar-refractivity contribution in [1.82, 2.24) is 0 Å². The molecule has 1 fully saturated rings. The number of aliphatic hydroxyl groups excluding tert-OH is 1. The Balaban J connectivity index is 2.29. The Hall–Kier alpha value is -1.73. The third-order valence-electron chi connectivity index (χ3n) is 3.33. The van der Waals surface area contributed by atoms with Crippen molar-refractivity contribution in [3.63, 3.8) is 0 Å². The number of hydrogen-bond acceptors (Lipinski definition) is 4. The normalized spacial score (nSPS) is 20.0. The topological polar surface area (TPSA) is 73.3 Å². The molecule has 1 atom stereocenters. The van der Waals surface area contributed by atoms with E-state index in [1.54, 1.807) is 6.07 Å². The van der Waals surface area contributed by atoms with Crippen LogP contribution in [0.2, 0.25) is 0 Å². The molecule has 4 heteroatoms. The Morgan fingerprint density at radius 1 is 1.47 bits per heavy atom. The number of anilines is 2. The summed E-state index contributed by atoms with van der Waals surface area (Å²) >= 11 is 0. The van der Waals surface area contributed by atoms with E-state index in [0.717, 1.165) is 31.5 Å². The fraction of sp³-hybridized carbons (Fsp3) is 0.462. The minimum atomic E-state index is 0.159. The van der Waals surface area contributed by atoms with E-state index in [1.807, 2.05) is 12.1 Å². The van der Waals surface area contributed by atoms with Crippen molar-refractivity contribution in [2.45, 2.75) is 25.3 Å².